The lowest BCUT2D eigenvalue weighted by Crippen LogP contribution is -2.13. The van der Waals surface area contributed by atoms with Crippen molar-refractivity contribution in [2.24, 2.45) is 0 Å². The van der Waals surface area contributed by atoms with Crippen LogP contribution in [0.1, 0.15) is 34.7 Å². The molecule has 0 aromatic heterocycles. The standard InChI is InChI=1S/C18H17ClO4S/c1-24(22,23)16-10-6-14(7-11-16)18(21)17(3-2-12-20)13-4-8-15(19)9-5-13/h4-12,17H,2-3H2,1H3. The summed E-state index contributed by atoms with van der Waals surface area (Å²) in [5.74, 6) is -0.629. The summed E-state index contributed by atoms with van der Waals surface area (Å²) >= 11 is 5.88. The van der Waals surface area contributed by atoms with Crippen molar-refractivity contribution in [1.29, 1.82) is 0 Å². The average Bonchev–Trinajstić information content (AvgIpc) is 2.56. The van der Waals surface area contributed by atoms with Gasteiger partial charge in [0.2, 0.25) is 0 Å². The van der Waals surface area contributed by atoms with Gasteiger partial charge in [0.15, 0.2) is 15.6 Å². The first-order chi connectivity index (χ1) is 11.3. The summed E-state index contributed by atoms with van der Waals surface area (Å²) in [6.07, 6.45) is 2.55. The van der Waals surface area contributed by atoms with Crippen LogP contribution in [0.5, 0.6) is 0 Å². The van der Waals surface area contributed by atoms with Gasteiger partial charge in [-0.1, -0.05) is 35.9 Å². The van der Waals surface area contributed by atoms with Crippen molar-refractivity contribution in [2.75, 3.05) is 6.26 Å². The highest BCUT2D eigenvalue weighted by atomic mass is 35.5. The number of carbonyl (C=O) groups is 2. The van der Waals surface area contributed by atoms with Crippen LogP contribution in [-0.4, -0.2) is 26.7 Å². The van der Waals surface area contributed by atoms with E-state index in [1.165, 1.54) is 24.3 Å². The van der Waals surface area contributed by atoms with E-state index in [-0.39, 0.29) is 17.1 Å². The van der Waals surface area contributed by atoms with Crippen molar-refractivity contribution in [1.82, 2.24) is 0 Å². The normalized spacial score (nSPS) is 12.6. The molecule has 0 aliphatic rings. The number of hydrogen-bond donors (Lipinski definition) is 0. The lowest BCUT2D eigenvalue weighted by molar-refractivity contribution is -0.107. The van der Waals surface area contributed by atoms with Gasteiger partial charge in [-0.15, -0.1) is 0 Å². The van der Waals surface area contributed by atoms with Gasteiger partial charge in [-0.05, 0) is 36.2 Å². The smallest absolute Gasteiger partial charge is 0.175 e. The Bertz CT molecular complexity index is 824. The second-order valence-electron chi connectivity index (χ2n) is 5.51. The van der Waals surface area contributed by atoms with Gasteiger partial charge in [-0.3, -0.25) is 4.79 Å². The van der Waals surface area contributed by atoms with Crippen LogP contribution in [0.25, 0.3) is 0 Å². The molecule has 1 unspecified atom stereocenters. The minimum atomic E-state index is -3.31. The summed E-state index contributed by atoms with van der Waals surface area (Å²) in [5, 5.41) is 0.567. The molecule has 0 amide bonds. The zero-order valence-electron chi connectivity index (χ0n) is 13.1. The first-order valence-electron chi connectivity index (χ1n) is 7.36. The molecule has 6 heteroatoms. The van der Waals surface area contributed by atoms with Crippen LogP contribution in [-0.2, 0) is 14.6 Å². The fraction of sp³-hybridized carbons (Fsp3) is 0.222. The van der Waals surface area contributed by atoms with Gasteiger partial charge in [-0.25, -0.2) is 8.42 Å². The number of carbonyl (C=O) groups excluding carboxylic acids is 2. The van der Waals surface area contributed by atoms with Crippen LogP contribution in [0.3, 0.4) is 0 Å². The maximum Gasteiger partial charge on any atom is 0.175 e. The van der Waals surface area contributed by atoms with Gasteiger partial charge >= 0.3 is 0 Å². The van der Waals surface area contributed by atoms with Crippen LogP contribution in [0.15, 0.2) is 53.4 Å². The molecule has 0 heterocycles. The molecule has 0 saturated carbocycles. The minimum absolute atomic E-state index is 0.153. The number of rotatable bonds is 7. The molecule has 0 bridgehead atoms. The zero-order chi connectivity index (χ0) is 17.7. The van der Waals surface area contributed by atoms with Gasteiger partial charge < -0.3 is 4.79 Å². The average molecular weight is 365 g/mol. The van der Waals surface area contributed by atoms with Gasteiger partial charge in [0.25, 0.3) is 0 Å². The van der Waals surface area contributed by atoms with E-state index in [2.05, 4.69) is 0 Å². The summed E-state index contributed by atoms with van der Waals surface area (Å²) < 4.78 is 23.0. The predicted molar refractivity (Wildman–Crippen MR) is 93.4 cm³/mol. The van der Waals surface area contributed by atoms with Crippen molar-refractivity contribution < 1.29 is 18.0 Å². The van der Waals surface area contributed by atoms with E-state index in [9.17, 15) is 18.0 Å². The molecular formula is C18H17ClO4S. The molecule has 126 valence electrons. The molecule has 24 heavy (non-hydrogen) atoms. The highest BCUT2D eigenvalue weighted by molar-refractivity contribution is 7.90. The SMILES string of the molecule is CS(=O)(=O)c1ccc(C(=O)C(CCC=O)c2ccc(Cl)cc2)cc1. The van der Waals surface area contributed by atoms with Gasteiger partial charge in [0.05, 0.1) is 4.90 Å². The van der Waals surface area contributed by atoms with E-state index in [0.29, 0.717) is 17.0 Å². The highest BCUT2D eigenvalue weighted by Crippen LogP contribution is 2.27. The third-order valence-electron chi connectivity index (χ3n) is 3.73. The summed E-state index contributed by atoms with van der Waals surface area (Å²) in [6, 6.07) is 12.8. The van der Waals surface area contributed by atoms with Crippen molar-refractivity contribution >= 4 is 33.5 Å². The molecule has 2 aromatic rings. The Morgan fingerprint density at radius 3 is 2.17 bits per heavy atom. The Labute approximate surface area is 146 Å². The van der Waals surface area contributed by atoms with Crippen LogP contribution < -0.4 is 0 Å². The molecule has 2 aromatic carbocycles. The van der Waals surface area contributed by atoms with Crippen LogP contribution in [0, 0.1) is 0 Å². The van der Waals surface area contributed by atoms with Gasteiger partial charge in [-0.2, -0.15) is 0 Å². The molecule has 0 spiro atoms. The number of sulfone groups is 1. The lowest BCUT2D eigenvalue weighted by Gasteiger charge is -2.15. The minimum Gasteiger partial charge on any atom is -0.303 e. The van der Waals surface area contributed by atoms with E-state index in [4.69, 9.17) is 11.6 Å². The largest absolute Gasteiger partial charge is 0.303 e. The van der Waals surface area contributed by atoms with E-state index in [1.54, 1.807) is 24.3 Å². The third-order valence-corrected chi connectivity index (χ3v) is 5.11. The van der Waals surface area contributed by atoms with Crippen molar-refractivity contribution in [2.45, 2.75) is 23.7 Å². The number of ketones is 1. The maximum absolute atomic E-state index is 12.8. The van der Waals surface area contributed by atoms with Crippen LogP contribution in [0.2, 0.25) is 5.02 Å². The summed E-state index contributed by atoms with van der Waals surface area (Å²) in [4.78, 5) is 23.7. The Balaban J connectivity index is 2.33. The second kappa shape index (κ2) is 7.73. The quantitative estimate of drug-likeness (QED) is 0.555. The topological polar surface area (TPSA) is 68.3 Å². The van der Waals surface area contributed by atoms with E-state index >= 15 is 0 Å². The molecule has 0 aliphatic carbocycles. The van der Waals surface area contributed by atoms with Crippen molar-refractivity contribution in [3.05, 3.63) is 64.7 Å². The van der Waals surface area contributed by atoms with Crippen molar-refractivity contribution in [3.8, 4) is 0 Å². The highest BCUT2D eigenvalue weighted by Gasteiger charge is 2.22. The Kier molecular flexibility index (Phi) is 5.91. The predicted octanol–water partition coefficient (Wildman–Crippen LogP) is 3.69. The molecular weight excluding hydrogens is 348 g/mol. The summed E-state index contributed by atoms with van der Waals surface area (Å²) in [6.45, 7) is 0. The molecule has 0 fully saturated rings. The number of halogens is 1. The zero-order valence-corrected chi connectivity index (χ0v) is 14.7. The number of hydrogen-bond acceptors (Lipinski definition) is 4. The molecule has 1 atom stereocenters. The fourth-order valence-electron chi connectivity index (χ4n) is 2.45. The Morgan fingerprint density at radius 2 is 1.67 bits per heavy atom. The van der Waals surface area contributed by atoms with Crippen LogP contribution >= 0.6 is 11.6 Å². The third kappa shape index (κ3) is 4.52. The second-order valence-corrected chi connectivity index (χ2v) is 7.96. The Hall–Kier alpha value is -1.98. The maximum atomic E-state index is 12.8. The summed E-state index contributed by atoms with van der Waals surface area (Å²) in [7, 11) is -3.31. The molecule has 2 rings (SSSR count). The number of Topliss-reactive ketones (excluding diaryl/α,β-unsaturated/α-hetero) is 1. The van der Waals surface area contributed by atoms with E-state index in [1.807, 2.05) is 0 Å². The van der Waals surface area contributed by atoms with Crippen molar-refractivity contribution in [3.63, 3.8) is 0 Å². The van der Waals surface area contributed by atoms with E-state index in [0.717, 1.165) is 18.1 Å². The lowest BCUT2D eigenvalue weighted by atomic mass is 9.87. The van der Waals surface area contributed by atoms with Gasteiger partial charge in [0.1, 0.15) is 6.29 Å². The Morgan fingerprint density at radius 1 is 1.08 bits per heavy atom. The molecule has 0 aliphatic heterocycles. The fourth-order valence-corrected chi connectivity index (χ4v) is 3.20. The van der Waals surface area contributed by atoms with Crippen LogP contribution in [0.4, 0.5) is 0 Å². The molecule has 0 radical (unpaired) electrons. The summed E-state index contributed by atoms with van der Waals surface area (Å²) in [5.41, 5.74) is 1.19. The monoisotopic (exact) mass is 364 g/mol. The molecule has 0 saturated heterocycles. The first-order valence-corrected chi connectivity index (χ1v) is 9.63. The molecule has 4 nitrogen and oxygen atoms in total. The molecule has 0 N–H and O–H groups in total. The van der Waals surface area contributed by atoms with Gasteiger partial charge in [0, 0.05) is 29.2 Å². The van der Waals surface area contributed by atoms with E-state index < -0.39 is 15.8 Å². The first kappa shape index (κ1) is 18.4. The number of benzene rings is 2. The number of aldehydes is 1.